The van der Waals surface area contributed by atoms with Crippen LogP contribution in [-0.4, -0.2) is 22.8 Å². The van der Waals surface area contributed by atoms with Crippen LogP contribution in [-0.2, 0) is 7.05 Å². The molecule has 1 amide bonds. The van der Waals surface area contributed by atoms with Crippen LogP contribution in [0.15, 0.2) is 28.7 Å². The van der Waals surface area contributed by atoms with E-state index in [4.69, 9.17) is 4.74 Å². The van der Waals surface area contributed by atoms with E-state index in [0.29, 0.717) is 16.0 Å². The number of amides is 1. The highest BCUT2D eigenvalue weighted by Gasteiger charge is 2.14. The van der Waals surface area contributed by atoms with Crippen LogP contribution in [0, 0.1) is 5.82 Å². The molecule has 1 heterocycles. The quantitative estimate of drug-likeness (QED) is 0.942. The number of ether oxygens (including phenoxy) is 1. The first-order valence-electron chi connectivity index (χ1n) is 5.35. The molecule has 0 aliphatic rings. The van der Waals surface area contributed by atoms with Crippen molar-refractivity contribution in [2.45, 2.75) is 0 Å². The number of rotatable bonds is 3. The lowest BCUT2D eigenvalue weighted by atomic mass is 10.3. The number of carbonyl (C=O) groups excluding carboxylic acids is 1. The molecule has 1 N–H and O–H groups in total. The number of anilines is 1. The van der Waals surface area contributed by atoms with E-state index in [-0.39, 0.29) is 5.69 Å². The molecule has 1 aromatic heterocycles. The molecule has 0 saturated carbocycles. The molecular weight excluding hydrogens is 317 g/mol. The van der Waals surface area contributed by atoms with Crippen LogP contribution >= 0.6 is 15.9 Å². The summed E-state index contributed by atoms with van der Waals surface area (Å²) in [6.45, 7) is 0. The lowest BCUT2D eigenvalue weighted by Gasteiger charge is -2.05. The molecule has 0 bridgehead atoms. The van der Waals surface area contributed by atoms with Crippen molar-refractivity contribution >= 4 is 27.5 Å². The average Bonchev–Trinajstić information content (AvgIpc) is 2.75. The van der Waals surface area contributed by atoms with E-state index in [1.165, 1.54) is 36.1 Å². The smallest absolute Gasteiger partial charge is 0.276 e. The average molecular weight is 328 g/mol. The third kappa shape index (κ3) is 2.93. The van der Waals surface area contributed by atoms with Crippen LogP contribution in [0.2, 0.25) is 0 Å². The van der Waals surface area contributed by atoms with Crippen molar-refractivity contribution in [1.82, 2.24) is 9.78 Å². The largest absolute Gasteiger partial charge is 0.481 e. The Labute approximate surface area is 117 Å². The highest BCUT2D eigenvalue weighted by Crippen LogP contribution is 2.23. The summed E-state index contributed by atoms with van der Waals surface area (Å²) in [5.41, 5.74) is 0.533. The van der Waals surface area contributed by atoms with Gasteiger partial charge in [0, 0.05) is 17.6 Å². The molecule has 0 atom stereocenters. The Morgan fingerprint density at radius 3 is 2.84 bits per heavy atom. The van der Waals surface area contributed by atoms with E-state index in [1.807, 2.05) is 0 Å². The zero-order chi connectivity index (χ0) is 14.0. The maximum Gasteiger partial charge on any atom is 0.276 e. The van der Waals surface area contributed by atoms with Gasteiger partial charge in [-0.3, -0.25) is 4.79 Å². The van der Waals surface area contributed by atoms with Gasteiger partial charge in [-0.05, 0) is 34.1 Å². The summed E-state index contributed by atoms with van der Waals surface area (Å²) in [5, 5.41) is 6.57. The molecule has 0 aliphatic heterocycles. The summed E-state index contributed by atoms with van der Waals surface area (Å²) in [6.07, 6.45) is 0. The topological polar surface area (TPSA) is 56.1 Å². The number of hydrogen-bond donors (Lipinski definition) is 1. The second-order valence-corrected chi connectivity index (χ2v) is 4.63. The molecule has 5 nitrogen and oxygen atoms in total. The van der Waals surface area contributed by atoms with Gasteiger partial charge in [0.15, 0.2) is 5.69 Å². The fraction of sp³-hybridized carbons (Fsp3) is 0.167. The number of aromatic nitrogens is 2. The van der Waals surface area contributed by atoms with Crippen molar-refractivity contribution in [3.8, 4) is 5.88 Å². The first-order valence-corrected chi connectivity index (χ1v) is 6.15. The second-order valence-electron chi connectivity index (χ2n) is 3.77. The first kappa shape index (κ1) is 13.5. The van der Waals surface area contributed by atoms with Gasteiger partial charge in [0.25, 0.3) is 5.91 Å². The number of benzene rings is 1. The molecular formula is C12H11BrFN3O2. The Morgan fingerprint density at radius 1 is 1.47 bits per heavy atom. The van der Waals surface area contributed by atoms with Gasteiger partial charge in [-0.1, -0.05) is 0 Å². The lowest BCUT2D eigenvalue weighted by Crippen LogP contribution is -2.13. The summed E-state index contributed by atoms with van der Waals surface area (Å²) in [5.74, 6) is -0.411. The van der Waals surface area contributed by atoms with Crippen molar-refractivity contribution in [2.75, 3.05) is 12.4 Å². The number of hydrogen-bond acceptors (Lipinski definition) is 3. The number of nitrogens with one attached hydrogen (secondary N) is 1. The predicted molar refractivity (Wildman–Crippen MR) is 71.8 cm³/mol. The van der Waals surface area contributed by atoms with Crippen LogP contribution in [0.1, 0.15) is 10.5 Å². The summed E-state index contributed by atoms with van der Waals surface area (Å²) >= 11 is 3.23. The van der Waals surface area contributed by atoms with Crippen LogP contribution in [0.5, 0.6) is 5.88 Å². The van der Waals surface area contributed by atoms with E-state index in [9.17, 15) is 9.18 Å². The van der Waals surface area contributed by atoms with Crippen LogP contribution < -0.4 is 10.1 Å². The molecule has 0 radical (unpaired) electrons. The minimum Gasteiger partial charge on any atom is -0.481 e. The molecule has 2 aromatic rings. The van der Waals surface area contributed by atoms with Crippen molar-refractivity contribution in [3.63, 3.8) is 0 Å². The molecule has 0 spiro atoms. The molecule has 0 unspecified atom stereocenters. The molecule has 1 aromatic carbocycles. The van der Waals surface area contributed by atoms with E-state index in [1.54, 1.807) is 7.05 Å². The molecule has 0 saturated heterocycles. The van der Waals surface area contributed by atoms with Crippen LogP contribution in [0.25, 0.3) is 0 Å². The SMILES string of the molecule is COc1cc(C(=O)Nc2cc(F)ccc2Br)nn1C. The maximum atomic E-state index is 13.1. The Bertz CT molecular complexity index is 627. The summed E-state index contributed by atoms with van der Waals surface area (Å²) < 4.78 is 20.2. The van der Waals surface area contributed by atoms with Gasteiger partial charge >= 0.3 is 0 Å². The molecule has 2 rings (SSSR count). The highest BCUT2D eigenvalue weighted by atomic mass is 79.9. The van der Waals surface area contributed by atoms with Gasteiger partial charge < -0.3 is 10.1 Å². The number of halogens is 2. The Kier molecular flexibility index (Phi) is 3.84. The van der Waals surface area contributed by atoms with Crippen molar-refractivity contribution in [3.05, 3.63) is 40.2 Å². The molecule has 19 heavy (non-hydrogen) atoms. The normalized spacial score (nSPS) is 10.3. The Morgan fingerprint density at radius 2 is 2.21 bits per heavy atom. The molecule has 0 aliphatic carbocycles. The summed E-state index contributed by atoms with van der Waals surface area (Å²) in [6, 6.07) is 5.54. The molecule has 100 valence electrons. The first-order chi connectivity index (χ1) is 9.01. The Balaban J connectivity index is 2.22. The molecule has 7 heteroatoms. The fourth-order valence-corrected chi connectivity index (χ4v) is 1.88. The van der Waals surface area contributed by atoms with Crippen molar-refractivity contribution in [2.24, 2.45) is 7.05 Å². The monoisotopic (exact) mass is 327 g/mol. The third-order valence-corrected chi connectivity index (χ3v) is 3.15. The van der Waals surface area contributed by atoms with Gasteiger partial charge in [-0.15, -0.1) is 0 Å². The summed E-state index contributed by atoms with van der Waals surface area (Å²) in [4.78, 5) is 12.0. The second kappa shape index (κ2) is 5.40. The van der Waals surface area contributed by atoms with E-state index >= 15 is 0 Å². The van der Waals surface area contributed by atoms with E-state index in [0.717, 1.165) is 0 Å². The van der Waals surface area contributed by atoms with Crippen LogP contribution in [0.4, 0.5) is 10.1 Å². The summed E-state index contributed by atoms with van der Waals surface area (Å²) in [7, 11) is 3.15. The van der Waals surface area contributed by atoms with Gasteiger partial charge in [-0.25, -0.2) is 9.07 Å². The number of nitrogens with zero attached hydrogens (tertiary/aromatic N) is 2. The zero-order valence-corrected chi connectivity index (χ0v) is 11.9. The third-order valence-electron chi connectivity index (χ3n) is 2.46. The number of aryl methyl sites for hydroxylation is 1. The Hall–Kier alpha value is -1.89. The zero-order valence-electron chi connectivity index (χ0n) is 10.3. The van der Waals surface area contributed by atoms with Crippen LogP contribution in [0.3, 0.4) is 0 Å². The van der Waals surface area contributed by atoms with Gasteiger partial charge in [0.1, 0.15) is 5.82 Å². The highest BCUT2D eigenvalue weighted by molar-refractivity contribution is 9.10. The number of carbonyl (C=O) groups is 1. The van der Waals surface area contributed by atoms with Gasteiger partial charge in [0.2, 0.25) is 5.88 Å². The minimum atomic E-state index is -0.440. The predicted octanol–water partition coefficient (Wildman–Crippen LogP) is 2.58. The maximum absolute atomic E-state index is 13.1. The van der Waals surface area contributed by atoms with E-state index < -0.39 is 11.7 Å². The van der Waals surface area contributed by atoms with Crippen molar-refractivity contribution in [1.29, 1.82) is 0 Å². The minimum absolute atomic E-state index is 0.190. The van der Waals surface area contributed by atoms with E-state index in [2.05, 4.69) is 26.3 Å². The van der Waals surface area contributed by atoms with Gasteiger partial charge in [-0.2, -0.15) is 5.10 Å². The fourth-order valence-electron chi connectivity index (χ4n) is 1.53. The number of methoxy groups -OCH3 is 1. The standard InChI is InChI=1S/C12H11BrFN3O2/c1-17-11(19-2)6-10(16-17)12(18)15-9-5-7(14)3-4-8(9)13/h3-6H,1-2H3,(H,15,18). The van der Waals surface area contributed by atoms with Crippen molar-refractivity contribution < 1.29 is 13.9 Å². The lowest BCUT2D eigenvalue weighted by molar-refractivity contribution is 0.102. The molecule has 0 fully saturated rings. The van der Waals surface area contributed by atoms with Gasteiger partial charge in [0.05, 0.1) is 12.8 Å².